The highest BCUT2D eigenvalue weighted by Crippen LogP contribution is 2.61. The summed E-state index contributed by atoms with van der Waals surface area (Å²) in [6.07, 6.45) is 5.93. The molecule has 0 bridgehead atoms. The topological polar surface area (TPSA) is 43.1 Å². The van der Waals surface area contributed by atoms with Gasteiger partial charge in [0.1, 0.15) is 0 Å². The van der Waals surface area contributed by atoms with Crippen LogP contribution in [0.5, 0.6) is 0 Å². The molecule has 0 saturated carbocycles. The molecule has 0 aliphatic carbocycles. The molecular formula is C6H9NOS2. The molecule has 1 aliphatic heterocycles. The van der Waals surface area contributed by atoms with E-state index in [0.717, 1.165) is 0 Å². The van der Waals surface area contributed by atoms with E-state index in [0.29, 0.717) is 0 Å². The summed E-state index contributed by atoms with van der Waals surface area (Å²) in [7, 11) is 0.191. The van der Waals surface area contributed by atoms with Crippen LogP contribution in [-0.4, -0.2) is 11.5 Å². The molecule has 1 heterocycles. The second-order valence-electron chi connectivity index (χ2n) is 2.03. The van der Waals surface area contributed by atoms with E-state index in [1.54, 1.807) is 0 Å². The van der Waals surface area contributed by atoms with E-state index in [9.17, 15) is 4.79 Å². The van der Waals surface area contributed by atoms with Gasteiger partial charge in [-0.1, -0.05) is 12.2 Å². The smallest absolute Gasteiger partial charge is 0.286 e. The molecule has 0 aromatic carbocycles. The van der Waals surface area contributed by atoms with Gasteiger partial charge in [0.25, 0.3) is 5.24 Å². The summed E-state index contributed by atoms with van der Waals surface area (Å²) >= 11 is 0. The minimum atomic E-state index is -1.02. The first-order valence-corrected chi connectivity index (χ1v) is 6.24. The van der Waals surface area contributed by atoms with Gasteiger partial charge in [-0.15, -0.1) is 9.06 Å². The van der Waals surface area contributed by atoms with Crippen molar-refractivity contribution in [1.82, 2.24) is 0 Å². The van der Waals surface area contributed by atoms with Gasteiger partial charge in [0, 0.05) is 0 Å². The molecule has 0 atom stereocenters. The predicted molar refractivity (Wildman–Crippen MR) is 49.0 cm³/mol. The molecule has 0 saturated heterocycles. The fourth-order valence-corrected chi connectivity index (χ4v) is 3.82. The molecular weight excluding hydrogens is 166 g/mol. The molecule has 56 valence electrons. The minimum Gasteiger partial charge on any atom is -0.360 e. The summed E-state index contributed by atoms with van der Waals surface area (Å²) in [6, 6.07) is 0. The molecule has 0 aromatic heterocycles. The van der Waals surface area contributed by atoms with Gasteiger partial charge in [0.2, 0.25) is 0 Å². The third-order valence-corrected chi connectivity index (χ3v) is 5.23. The Bertz CT molecular complexity index is 198. The summed E-state index contributed by atoms with van der Waals surface area (Å²) in [5.74, 6) is 0. The van der Waals surface area contributed by atoms with Crippen molar-refractivity contribution in [1.29, 1.82) is 0 Å². The Morgan fingerprint density at radius 1 is 1.50 bits per heavy atom. The average Bonchev–Trinajstić information content (AvgIpc) is 2.12. The Labute approximate surface area is 65.3 Å². The predicted octanol–water partition coefficient (Wildman–Crippen LogP) is 2.19. The lowest BCUT2D eigenvalue weighted by Crippen LogP contribution is -2.03. The fraction of sp³-hybridized carbons (Fsp3) is 0.167. The van der Waals surface area contributed by atoms with Gasteiger partial charge in [-0.25, -0.2) is 0 Å². The largest absolute Gasteiger partial charge is 0.360 e. The van der Waals surface area contributed by atoms with Crippen LogP contribution in [0.1, 0.15) is 0 Å². The Kier molecular flexibility index (Phi) is 2.11. The number of nitrogens with two attached hydrogens (primary N) is 1. The summed E-state index contributed by atoms with van der Waals surface area (Å²) in [5, 5.41) is 3.76. The van der Waals surface area contributed by atoms with Crippen molar-refractivity contribution in [3.05, 3.63) is 23.0 Å². The standard InChI is InChI=1S/C6H9NOS2/c1-10(9-6(7)8)4-2-3-5-10/h2-5H,1H3,(H2,7,8). The van der Waals surface area contributed by atoms with E-state index < -0.39 is 9.06 Å². The molecule has 1 amide bonds. The highest BCUT2D eigenvalue weighted by molar-refractivity contribution is 9.00. The quantitative estimate of drug-likeness (QED) is 0.621. The number of hydrogen-bond donors (Lipinski definition) is 1. The van der Waals surface area contributed by atoms with Crippen LogP contribution in [0.15, 0.2) is 23.0 Å². The van der Waals surface area contributed by atoms with Crippen molar-refractivity contribution >= 4 is 25.1 Å². The first-order chi connectivity index (χ1) is 4.62. The number of carbonyl (C=O) groups excluding carboxylic acids is 1. The Balaban J connectivity index is 2.62. The molecule has 0 unspecified atom stereocenters. The second-order valence-corrected chi connectivity index (χ2v) is 7.73. The molecule has 0 fully saturated rings. The lowest BCUT2D eigenvalue weighted by molar-refractivity contribution is 0.267. The van der Waals surface area contributed by atoms with Crippen LogP contribution < -0.4 is 5.73 Å². The van der Waals surface area contributed by atoms with E-state index in [1.807, 2.05) is 29.2 Å². The lowest BCUT2D eigenvalue weighted by Gasteiger charge is -2.21. The van der Waals surface area contributed by atoms with Crippen molar-refractivity contribution in [2.45, 2.75) is 0 Å². The molecule has 2 N–H and O–H groups in total. The van der Waals surface area contributed by atoms with Crippen molar-refractivity contribution in [2.75, 3.05) is 6.26 Å². The molecule has 0 radical (unpaired) electrons. The first kappa shape index (κ1) is 7.75. The highest BCUT2D eigenvalue weighted by atomic mass is 33.2. The van der Waals surface area contributed by atoms with Crippen molar-refractivity contribution in [2.24, 2.45) is 5.73 Å². The zero-order valence-electron chi connectivity index (χ0n) is 5.61. The minimum absolute atomic E-state index is 0.297. The number of allylic oxidation sites excluding steroid dienone is 2. The highest BCUT2D eigenvalue weighted by Gasteiger charge is 2.16. The van der Waals surface area contributed by atoms with Gasteiger partial charge < -0.3 is 5.73 Å². The third kappa shape index (κ3) is 1.82. The maximum atomic E-state index is 10.5. The molecule has 1 rings (SSSR count). The summed E-state index contributed by atoms with van der Waals surface area (Å²) in [4.78, 5) is 10.5. The average molecular weight is 175 g/mol. The van der Waals surface area contributed by atoms with E-state index in [1.165, 1.54) is 10.8 Å². The van der Waals surface area contributed by atoms with Crippen LogP contribution >= 0.6 is 19.9 Å². The van der Waals surface area contributed by atoms with Crippen LogP contribution in [0, 0.1) is 0 Å². The maximum Gasteiger partial charge on any atom is 0.286 e. The second kappa shape index (κ2) is 2.72. The van der Waals surface area contributed by atoms with E-state index in [4.69, 9.17) is 5.73 Å². The van der Waals surface area contributed by atoms with E-state index >= 15 is 0 Å². The van der Waals surface area contributed by atoms with Crippen LogP contribution in [-0.2, 0) is 0 Å². The molecule has 0 aromatic rings. The summed E-state index contributed by atoms with van der Waals surface area (Å²) in [5.41, 5.74) is 5.03. The summed E-state index contributed by atoms with van der Waals surface area (Å²) < 4.78 is 0. The third-order valence-electron chi connectivity index (χ3n) is 1.07. The molecule has 4 heteroatoms. The van der Waals surface area contributed by atoms with Gasteiger partial charge in [0.05, 0.1) is 0 Å². The Morgan fingerprint density at radius 2 is 2.00 bits per heavy atom. The first-order valence-electron chi connectivity index (χ1n) is 2.74. The Hall–Kier alpha value is -0.350. The van der Waals surface area contributed by atoms with Crippen LogP contribution in [0.3, 0.4) is 0 Å². The monoisotopic (exact) mass is 175 g/mol. The number of hydrogen-bond acceptors (Lipinski definition) is 2. The van der Waals surface area contributed by atoms with Crippen LogP contribution in [0.4, 0.5) is 4.79 Å². The number of primary amides is 1. The van der Waals surface area contributed by atoms with Crippen molar-refractivity contribution < 1.29 is 4.79 Å². The molecule has 10 heavy (non-hydrogen) atoms. The zero-order valence-corrected chi connectivity index (χ0v) is 7.24. The number of carbonyl (C=O) groups is 1. The molecule has 1 aliphatic rings. The summed E-state index contributed by atoms with van der Waals surface area (Å²) in [6.45, 7) is 0. The van der Waals surface area contributed by atoms with E-state index in [-0.39, 0.29) is 5.24 Å². The Morgan fingerprint density at radius 3 is 2.40 bits per heavy atom. The van der Waals surface area contributed by atoms with Crippen LogP contribution in [0.2, 0.25) is 0 Å². The normalized spacial score (nSPS) is 22.9. The maximum absolute atomic E-state index is 10.5. The molecule has 2 nitrogen and oxygen atoms in total. The fourth-order valence-electron chi connectivity index (χ4n) is 0.681. The lowest BCUT2D eigenvalue weighted by atomic mass is 10.6. The van der Waals surface area contributed by atoms with Gasteiger partial charge in [-0.05, 0) is 27.9 Å². The van der Waals surface area contributed by atoms with Crippen molar-refractivity contribution in [3.8, 4) is 0 Å². The number of amides is 1. The van der Waals surface area contributed by atoms with Gasteiger partial charge in [-0.3, -0.25) is 4.79 Å². The SMILES string of the molecule is CS1(SC(N)=O)C=CC=C1. The zero-order chi connectivity index (χ0) is 7.61. The van der Waals surface area contributed by atoms with Gasteiger partial charge in [-0.2, -0.15) is 0 Å². The van der Waals surface area contributed by atoms with Crippen molar-refractivity contribution in [3.63, 3.8) is 0 Å². The van der Waals surface area contributed by atoms with Gasteiger partial charge >= 0.3 is 0 Å². The van der Waals surface area contributed by atoms with Crippen LogP contribution in [0.25, 0.3) is 0 Å². The number of rotatable bonds is 1. The van der Waals surface area contributed by atoms with E-state index in [2.05, 4.69) is 0 Å². The van der Waals surface area contributed by atoms with Gasteiger partial charge in [0.15, 0.2) is 0 Å². The molecule has 0 spiro atoms.